The minimum atomic E-state index is -1.11. The summed E-state index contributed by atoms with van der Waals surface area (Å²) in [5.41, 5.74) is 3.17. The third kappa shape index (κ3) is 4.91. The van der Waals surface area contributed by atoms with Crippen LogP contribution >= 0.6 is 0 Å². The molecule has 3 aromatic rings. The van der Waals surface area contributed by atoms with Crippen LogP contribution in [-0.4, -0.2) is 76.0 Å². The number of ether oxygens (including phenoxy) is 2. The lowest BCUT2D eigenvalue weighted by Gasteiger charge is -2.34. The van der Waals surface area contributed by atoms with Crippen LogP contribution in [-0.2, 0) is 0 Å². The summed E-state index contributed by atoms with van der Waals surface area (Å²) >= 11 is 0. The first-order valence-electron chi connectivity index (χ1n) is 12.2. The van der Waals surface area contributed by atoms with Gasteiger partial charge in [-0.3, -0.25) is 9.78 Å². The monoisotopic (exact) mass is 512 g/mol. The number of carbonyl (C=O) groups excluding carboxylic acids is 1. The Kier molecular flexibility index (Phi) is 6.63. The molecule has 2 aliphatic rings. The van der Waals surface area contributed by atoms with Crippen molar-refractivity contribution in [3.8, 4) is 22.6 Å². The number of carbonyl (C=O) groups is 2. The van der Waals surface area contributed by atoms with Crippen molar-refractivity contribution in [2.45, 2.75) is 38.3 Å². The number of H-pyrrole nitrogens is 1. The normalized spacial score (nSPS) is 19.6. The van der Waals surface area contributed by atoms with E-state index in [2.05, 4.69) is 15.3 Å². The zero-order valence-electron chi connectivity index (χ0n) is 20.6. The number of aliphatic hydroxyl groups is 1. The number of aliphatic hydroxyl groups excluding tert-OH is 1. The molecule has 1 aliphatic carbocycles. The van der Waals surface area contributed by atoms with Gasteiger partial charge in [-0.25, -0.2) is 9.18 Å². The first kappa shape index (κ1) is 24.8. The topological polar surface area (TPSA) is 137 Å². The summed E-state index contributed by atoms with van der Waals surface area (Å²) in [5.74, 6) is -0.0390. The zero-order valence-corrected chi connectivity index (χ0v) is 20.6. The number of hydrogen-bond acceptors (Lipinski definition) is 6. The number of fused-ring (bicyclic) bond motifs is 1. The van der Waals surface area contributed by atoms with E-state index in [1.54, 1.807) is 25.3 Å². The summed E-state index contributed by atoms with van der Waals surface area (Å²) in [6.07, 6.45) is 1.91. The van der Waals surface area contributed by atoms with E-state index in [1.807, 2.05) is 0 Å². The number of pyridine rings is 1. The van der Waals surface area contributed by atoms with E-state index in [0.29, 0.717) is 51.7 Å². The highest BCUT2D eigenvalue weighted by atomic mass is 19.1. The Bertz CT molecular complexity index is 1350. The molecule has 1 aromatic carbocycles. The number of nitrogens with one attached hydrogen (secondary N) is 2. The van der Waals surface area contributed by atoms with Gasteiger partial charge in [-0.05, 0) is 44.2 Å². The molecule has 2 fully saturated rings. The molecule has 3 heterocycles. The van der Waals surface area contributed by atoms with Crippen LogP contribution in [0.4, 0.5) is 9.18 Å². The first-order chi connectivity index (χ1) is 17.8. The molecule has 0 radical (unpaired) electrons. The van der Waals surface area contributed by atoms with Gasteiger partial charge < -0.3 is 34.9 Å². The van der Waals surface area contributed by atoms with Gasteiger partial charge in [-0.15, -0.1) is 0 Å². The maximum absolute atomic E-state index is 14.6. The first-order valence-corrected chi connectivity index (χ1v) is 12.2. The largest absolute Gasteiger partial charge is 0.494 e. The fraction of sp³-hybridized carbons (Fsp3) is 0.423. The molecule has 0 bridgehead atoms. The average Bonchev–Trinajstić information content (AvgIpc) is 3.63. The van der Waals surface area contributed by atoms with Crippen LogP contribution in [0.25, 0.3) is 22.2 Å². The number of benzene rings is 1. The molecular weight excluding hydrogens is 483 g/mol. The maximum atomic E-state index is 14.6. The van der Waals surface area contributed by atoms with Crippen molar-refractivity contribution >= 4 is 23.0 Å². The van der Waals surface area contributed by atoms with Crippen molar-refractivity contribution in [3.05, 3.63) is 41.5 Å². The van der Waals surface area contributed by atoms with Gasteiger partial charge in [0.1, 0.15) is 11.3 Å². The molecule has 4 N–H and O–H groups in total. The standard InChI is InChI=1S/C26H29FN4O6/c1-13-22(25(33)30-18-6-8-31(26(34)35)11-19(18)32)24-23(29-13)15(5-7-28-24)16-9-21(36-2)17(27)10-20(16)37-12-14-3-4-14/h5,7,9-10,14,18-19,29,32H,3-4,6,8,11-12H2,1-2H3,(H,30,33)(H,34,35). The highest BCUT2D eigenvalue weighted by Crippen LogP contribution is 2.40. The number of amides is 2. The quantitative estimate of drug-likeness (QED) is 0.381. The molecule has 37 heavy (non-hydrogen) atoms. The van der Waals surface area contributed by atoms with Crippen LogP contribution in [0.3, 0.4) is 0 Å². The van der Waals surface area contributed by atoms with E-state index >= 15 is 0 Å². The highest BCUT2D eigenvalue weighted by molar-refractivity contribution is 6.10. The summed E-state index contributed by atoms with van der Waals surface area (Å²) in [6, 6.07) is 4.06. The molecule has 11 heteroatoms. The Hall–Kier alpha value is -3.86. The number of methoxy groups -OCH3 is 1. The van der Waals surface area contributed by atoms with Gasteiger partial charge in [0, 0.05) is 35.6 Å². The number of nitrogens with zero attached hydrogens (tertiary/aromatic N) is 2. The molecule has 1 saturated heterocycles. The molecular formula is C26H29FN4O6. The van der Waals surface area contributed by atoms with Crippen molar-refractivity contribution in [2.24, 2.45) is 5.92 Å². The van der Waals surface area contributed by atoms with E-state index in [1.165, 1.54) is 13.2 Å². The SMILES string of the molecule is COc1cc(-c2ccnc3c(C(=O)NC4CCN(C(=O)O)CC4O)c(C)[nH]c23)c(OCC2CC2)cc1F. The zero-order chi connectivity index (χ0) is 26.3. The second-order valence-corrected chi connectivity index (χ2v) is 9.61. The lowest BCUT2D eigenvalue weighted by atomic mass is 10.0. The van der Waals surface area contributed by atoms with E-state index in [4.69, 9.17) is 14.6 Å². The molecule has 2 amide bonds. The fourth-order valence-corrected chi connectivity index (χ4v) is 4.74. The highest BCUT2D eigenvalue weighted by Gasteiger charge is 2.32. The molecule has 5 rings (SSSR count). The van der Waals surface area contributed by atoms with E-state index < -0.39 is 30.0 Å². The maximum Gasteiger partial charge on any atom is 0.407 e. The third-order valence-electron chi connectivity index (χ3n) is 6.99. The van der Waals surface area contributed by atoms with Crippen LogP contribution in [0.5, 0.6) is 11.5 Å². The Morgan fingerprint density at radius 3 is 2.70 bits per heavy atom. The van der Waals surface area contributed by atoms with Gasteiger partial charge in [-0.1, -0.05) is 0 Å². The van der Waals surface area contributed by atoms with Crippen molar-refractivity contribution in [2.75, 3.05) is 26.8 Å². The molecule has 1 aliphatic heterocycles. The van der Waals surface area contributed by atoms with Gasteiger partial charge in [0.05, 0.1) is 43.5 Å². The number of likely N-dealkylation sites (tertiary alicyclic amines) is 1. The number of aromatic amines is 1. The predicted molar refractivity (Wildman–Crippen MR) is 132 cm³/mol. The van der Waals surface area contributed by atoms with Crippen molar-refractivity contribution in [1.29, 1.82) is 0 Å². The Morgan fingerprint density at radius 1 is 1.24 bits per heavy atom. The summed E-state index contributed by atoms with van der Waals surface area (Å²) in [7, 11) is 1.39. The van der Waals surface area contributed by atoms with Gasteiger partial charge >= 0.3 is 6.09 Å². The Balaban J connectivity index is 1.48. The Morgan fingerprint density at radius 2 is 2.03 bits per heavy atom. The van der Waals surface area contributed by atoms with Gasteiger partial charge in [-0.2, -0.15) is 0 Å². The fourth-order valence-electron chi connectivity index (χ4n) is 4.74. The number of β-amino-alcohol motifs (C(OH)–C–C–N with tert-alkyl or cyclic N) is 1. The van der Waals surface area contributed by atoms with Crippen LogP contribution in [0.15, 0.2) is 24.4 Å². The summed E-state index contributed by atoms with van der Waals surface area (Å²) in [6.45, 7) is 2.38. The average molecular weight is 513 g/mol. The van der Waals surface area contributed by atoms with Gasteiger partial charge in [0.15, 0.2) is 11.6 Å². The number of carboxylic acid groups (broad SMARTS) is 1. The van der Waals surface area contributed by atoms with Crippen LogP contribution in [0, 0.1) is 18.7 Å². The second-order valence-electron chi connectivity index (χ2n) is 9.61. The lowest BCUT2D eigenvalue weighted by Crippen LogP contribution is -2.55. The number of halogens is 1. The minimum Gasteiger partial charge on any atom is -0.494 e. The predicted octanol–water partition coefficient (Wildman–Crippen LogP) is 3.32. The number of piperidine rings is 1. The molecule has 196 valence electrons. The van der Waals surface area contributed by atoms with E-state index in [-0.39, 0.29) is 25.3 Å². The van der Waals surface area contributed by atoms with Crippen molar-refractivity contribution in [1.82, 2.24) is 20.2 Å². The number of aromatic nitrogens is 2. The minimum absolute atomic E-state index is 0.0710. The molecule has 10 nitrogen and oxygen atoms in total. The van der Waals surface area contributed by atoms with Crippen molar-refractivity contribution in [3.63, 3.8) is 0 Å². The van der Waals surface area contributed by atoms with Crippen LogP contribution < -0.4 is 14.8 Å². The van der Waals surface area contributed by atoms with E-state index in [9.17, 15) is 19.1 Å². The number of aryl methyl sites for hydroxylation is 1. The van der Waals surface area contributed by atoms with Gasteiger partial charge in [0.25, 0.3) is 5.91 Å². The number of rotatable bonds is 7. The smallest absolute Gasteiger partial charge is 0.407 e. The molecule has 2 aromatic heterocycles. The van der Waals surface area contributed by atoms with E-state index in [0.717, 1.165) is 17.7 Å². The Labute approximate surface area is 212 Å². The molecule has 0 spiro atoms. The summed E-state index contributed by atoms with van der Waals surface area (Å²) in [4.78, 5) is 33.3. The molecule has 2 unspecified atom stereocenters. The molecule has 2 atom stereocenters. The van der Waals surface area contributed by atoms with Gasteiger partial charge in [0.2, 0.25) is 0 Å². The van der Waals surface area contributed by atoms with Crippen LogP contribution in [0.2, 0.25) is 0 Å². The molecule has 1 saturated carbocycles. The summed E-state index contributed by atoms with van der Waals surface area (Å²) < 4.78 is 25.8. The second kappa shape index (κ2) is 9.89. The van der Waals surface area contributed by atoms with Crippen molar-refractivity contribution < 1.29 is 33.7 Å². The number of hydrogen-bond donors (Lipinski definition) is 4. The lowest BCUT2D eigenvalue weighted by molar-refractivity contribution is 0.0392. The summed E-state index contributed by atoms with van der Waals surface area (Å²) in [5, 5.41) is 22.4. The van der Waals surface area contributed by atoms with Crippen LogP contribution in [0.1, 0.15) is 35.3 Å². The third-order valence-corrected chi connectivity index (χ3v) is 6.99.